The van der Waals surface area contributed by atoms with Crippen molar-refractivity contribution in [2.45, 2.75) is 75.1 Å². The number of unbranched alkanes of at least 4 members (excludes halogenated alkanes) is 2. The predicted octanol–water partition coefficient (Wildman–Crippen LogP) is 8.04. The van der Waals surface area contributed by atoms with E-state index in [0.717, 1.165) is 12.2 Å². The largest absolute Gasteiger partial charge is 0.480 e. The van der Waals surface area contributed by atoms with Gasteiger partial charge in [-0.1, -0.05) is 68.6 Å². The van der Waals surface area contributed by atoms with Crippen molar-refractivity contribution in [3.63, 3.8) is 0 Å². The Labute approximate surface area is 178 Å². The minimum absolute atomic E-state index is 0.265. The summed E-state index contributed by atoms with van der Waals surface area (Å²) in [6.07, 6.45) is 6.10. The molecular weight excluding hydrogens is 408 g/mol. The highest BCUT2D eigenvalue weighted by Gasteiger charge is 2.37. The highest BCUT2D eigenvalue weighted by Crippen LogP contribution is 2.41. The van der Waals surface area contributed by atoms with Gasteiger partial charge in [0.25, 0.3) is 0 Å². The van der Waals surface area contributed by atoms with Crippen LogP contribution in [-0.4, -0.2) is 8.80 Å². The van der Waals surface area contributed by atoms with Crippen molar-refractivity contribution in [1.29, 1.82) is 0 Å². The minimum Gasteiger partial charge on any atom is -0.480 e. The summed E-state index contributed by atoms with van der Waals surface area (Å²) >= 11 is 0. The number of hydrogen-bond donors (Lipinski definition) is 0. The highest BCUT2D eigenvalue weighted by atomic mass is 28.3. The van der Waals surface area contributed by atoms with E-state index < -0.39 is 32.1 Å². The molecule has 1 aromatic carbocycles. The Balaban J connectivity index is 1.70. The fourth-order valence-corrected chi connectivity index (χ4v) is 8.23. The van der Waals surface area contributed by atoms with Crippen LogP contribution in [0.3, 0.4) is 0 Å². The van der Waals surface area contributed by atoms with E-state index in [-0.39, 0.29) is 12.7 Å². The number of halogens is 4. The van der Waals surface area contributed by atoms with Gasteiger partial charge in [-0.15, -0.1) is 0 Å². The number of ether oxygens (including phenoxy) is 1. The van der Waals surface area contributed by atoms with Crippen LogP contribution >= 0.6 is 0 Å². The molecule has 164 valence electrons. The van der Waals surface area contributed by atoms with Crippen molar-refractivity contribution in [2.75, 3.05) is 0 Å². The number of allylic oxidation sites excluding steroid dienone is 2. The predicted molar refractivity (Wildman–Crippen MR) is 116 cm³/mol. The molecule has 0 radical (unpaired) electrons. The molecule has 6 heteroatoms. The number of hydrogen-bond acceptors (Lipinski definition) is 1. The number of benzene rings is 1. The van der Waals surface area contributed by atoms with Crippen LogP contribution < -0.4 is 0 Å². The van der Waals surface area contributed by atoms with Gasteiger partial charge in [0.1, 0.15) is 17.9 Å². The maximum absolute atomic E-state index is 14.0. The monoisotopic (exact) mass is 438 g/mol. The Morgan fingerprint density at radius 3 is 2.43 bits per heavy atom. The van der Waals surface area contributed by atoms with Crippen LogP contribution in [0.5, 0.6) is 0 Å². The summed E-state index contributed by atoms with van der Waals surface area (Å²) in [6, 6.07) is 11.6. The third-order valence-electron chi connectivity index (χ3n) is 6.39. The molecule has 1 aliphatic heterocycles. The molecule has 3 rings (SSSR count). The standard InChI is InChI=1S/C24H30F4OSi/c1-2-3-4-11-30-12-9-19(10-13-30)18-5-7-20(8-6-18)24(29-17-23(27)28)15-21(25)14-22(26)16-24/h5-8,14-15,17,19,30H,2-4,9-13,16H2,1H3/t19-,24?,30-. The van der Waals surface area contributed by atoms with E-state index in [1.807, 2.05) is 12.1 Å². The molecule has 1 atom stereocenters. The first-order valence-electron chi connectivity index (χ1n) is 11.0. The Morgan fingerprint density at radius 1 is 1.13 bits per heavy atom. The van der Waals surface area contributed by atoms with Gasteiger partial charge in [-0.2, -0.15) is 8.78 Å². The summed E-state index contributed by atoms with van der Waals surface area (Å²) in [6.45, 7) is 2.24. The van der Waals surface area contributed by atoms with Gasteiger partial charge >= 0.3 is 6.08 Å². The molecule has 0 spiro atoms. The summed E-state index contributed by atoms with van der Waals surface area (Å²) in [5.74, 6) is -1.07. The first-order chi connectivity index (χ1) is 14.4. The van der Waals surface area contributed by atoms with Gasteiger partial charge in [0.05, 0.1) is 0 Å². The number of rotatable bonds is 8. The van der Waals surface area contributed by atoms with Gasteiger partial charge in [0, 0.05) is 21.3 Å². The Morgan fingerprint density at radius 2 is 1.83 bits per heavy atom. The first-order valence-corrected chi connectivity index (χ1v) is 13.4. The van der Waals surface area contributed by atoms with Crippen LogP contribution in [0, 0.1) is 0 Å². The second kappa shape index (κ2) is 10.5. The molecule has 0 bridgehead atoms. The molecule has 1 saturated heterocycles. The Hall–Kier alpha value is -1.82. The van der Waals surface area contributed by atoms with Crippen molar-refractivity contribution in [2.24, 2.45) is 0 Å². The zero-order valence-electron chi connectivity index (χ0n) is 17.5. The summed E-state index contributed by atoms with van der Waals surface area (Å²) < 4.78 is 58.3. The van der Waals surface area contributed by atoms with Gasteiger partial charge in [0.15, 0.2) is 5.60 Å². The molecule has 1 heterocycles. The van der Waals surface area contributed by atoms with Crippen molar-refractivity contribution >= 4 is 8.80 Å². The van der Waals surface area contributed by atoms with Crippen molar-refractivity contribution < 1.29 is 22.3 Å². The van der Waals surface area contributed by atoms with Crippen LogP contribution in [0.1, 0.15) is 62.5 Å². The second-order valence-electron chi connectivity index (χ2n) is 8.55. The Kier molecular flexibility index (Phi) is 7.97. The fourth-order valence-electron chi connectivity index (χ4n) is 4.75. The first kappa shape index (κ1) is 22.9. The molecule has 0 saturated carbocycles. The Bertz CT molecular complexity index is 790. The van der Waals surface area contributed by atoms with E-state index in [0.29, 0.717) is 11.5 Å². The smallest absolute Gasteiger partial charge is 0.304 e. The van der Waals surface area contributed by atoms with Gasteiger partial charge in [0.2, 0.25) is 0 Å². The topological polar surface area (TPSA) is 9.23 Å². The maximum atomic E-state index is 14.0. The fraction of sp³-hybridized carbons (Fsp3) is 0.500. The van der Waals surface area contributed by atoms with E-state index in [1.165, 1.54) is 55.8 Å². The molecule has 1 aliphatic carbocycles. The van der Waals surface area contributed by atoms with Crippen molar-refractivity contribution in [3.8, 4) is 0 Å². The van der Waals surface area contributed by atoms with Gasteiger partial charge in [-0.25, -0.2) is 8.78 Å². The second-order valence-corrected chi connectivity index (χ2v) is 12.0. The maximum Gasteiger partial charge on any atom is 0.304 e. The summed E-state index contributed by atoms with van der Waals surface area (Å²) in [5.41, 5.74) is 0.0672. The highest BCUT2D eigenvalue weighted by molar-refractivity contribution is 6.59. The van der Waals surface area contributed by atoms with Crippen LogP contribution in [0.2, 0.25) is 18.1 Å². The van der Waals surface area contributed by atoms with Crippen molar-refractivity contribution in [1.82, 2.24) is 0 Å². The molecule has 1 nitrogen and oxygen atoms in total. The van der Waals surface area contributed by atoms with E-state index >= 15 is 0 Å². The molecule has 30 heavy (non-hydrogen) atoms. The quantitative estimate of drug-likeness (QED) is 0.173. The molecule has 0 N–H and O–H groups in total. The molecule has 1 aromatic rings. The minimum atomic E-state index is -2.05. The molecule has 0 amide bonds. The van der Waals surface area contributed by atoms with E-state index in [4.69, 9.17) is 4.74 Å². The average Bonchev–Trinajstić information content (AvgIpc) is 2.72. The van der Waals surface area contributed by atoms with Crippen molar-refractivity contribution in [3.05, 3.63) is 71.5 Å². The van der Waals surface area contributed by atoms with E-state index in [1.54, 1.807) is 12.1 Å². The van der Waals surface area contributed by atoms with Crippen LogP contribution in [0.4, 0.5) is 17.6 Å². The third kappa shape index (κ3) is 5.87. The summed E-state index contributed by atoms with van der Waals surface area (Å²) in [5, 5.41) is 0. The SMILES string of the molecule is CCCCC[Si@H]1CC[C@H](c2ccc(C3(OC=C(F)F)C=C(F)C=C(F)C3)cc2)CC1. The van der Waals surface area contributed by atoms with E-state index in [2.05, 4.69) is 6.92 Å². The average molecular weight is 439 g/mol. The molecule has 1 unspecified atom stereocenters. The van der Waals surface area contributed by atoms with Crippen LogP contribution in [0.25, 0.3) is 0 Å². The lowest BCUT2D eigenvalue weighted by atomic mass is 9.84. The van der Waals surface area contributed by atoms with Crippen LogP contribution in [0.15, 0.2) is 60.4 Å². The lowest BCUT2D eigenvalue weighted by molar-refractivity contribution is 0.0485. The molecular formula is C24H30F4OSi. The van der Waals surface area contributed by atoms with Gasteiger partial charge < -0.3 is 4.74 Å². The van der Waals surface area contributed by atoms with Gasteiger partial charge in [-0.05, 0) is 36.0 Å². The third-order valence-corrected chi connectivity index (χ3v) is 9.91. The normalized spacial score (nSPS) is 26.6. The van der Waals surface area contributed by atoms with Crippen LogP contribution in [-0.2, 0) is 10.3 Å². The molecule has 1 fully saturated rings. The zero-order chi connectivity index (χ0) is 21.6. The lowest BCUT2D eigenvalue weighted by Gasteiger charge is -2.32. The summed E-state index contributed by atoms with van der Waals surface area (Å²) in [4.78, 5) is 0. The zero-order valence-corrected chi connectivity index (χ0v) is 18.6. The molecule has 0 aromatic heterocycles. The lowest BCUT2D eigenvalue weighted by Crippen LogP contribution is -2.28. The van der Waals surface area contributed by atoms with Gasteiger partial charge in [-0.3, -0.25) is 0 Å². The molecule has 2 aliphatic rings. The summed E-state index contributed by atoms with van der Waals surface area (Å²) in [7, 11) is -0.592. The van der Waals surface area contributed by atoms with E-state index in [9.17, 15) is 17.6 Å².